The highest BCUT2D eigenvalue weighted by Gasteiger charge is 1.94. The summed E-state index contributed by atoms with van der Waals surface area (Å²) in [6, 6.07) is 0. The molecule has 0 aromatic rings. The van der Waals surface area contributed by atoms with E-state index in [1.165, 1.54) is 14.2 Å². The van der Waals surface area contributed by atoms with Gasteiger partial charge in [0.15, 0.2) is 0 Å². The van der Waals surface area contributed by atoms with Gasteiger partial charge in [-0.15, -0.1) is 0 Å². The number of carboxylic acids is 2. The van der Waals surface area contributed by atoms with E-state index in [4.69, 9.17) is 10.2 Å². The number of carbonyl (C=O) groups is 2. The molecule has 0 aliphatic rings. The van der Waals surface area contributed by atoms with Gasteiger partial charge in [0, 0.05) is 14.2 Å². The standard InChI is InChI=1S/2C5H10O4/c2*1-8-2-3-9-4-5(6)7/h2*2-4H2,1H3,(H,6,7). The molecule has 0 bridgehead atoms. The van der Waals surface area contributed by atoms with Crippen molar-refractivity contribution in [2.75, 3.05) is 53.9 Å². The van der Waals surface area contributed by atoms with Crippen LogP contribution in [0, 0.1) is 0 Å². The molecule has 2 N–H and O–H groups in total. The second-order valence-electron chi connectivity index (χ2n) is 2.88. The van der Waals surface area contributed by atoms with Crippen molar-refractivity contribution in [2.45, 2.75) is 0 Å². The zero-order valence-corrected chi connectivity index (χ0v) is 10.6. The SMILES string of the molecule is COCCOCC(=O)O.COCCOCC(=O)O. The quantitative estimate of drug-likeness (QED) is 0.508. The zero-order valence-electron chi connectivity index (χ0n) is 10.6. The van der Waals surface area contributed by atoms with Crippen LogP contribution in [0.4, 0.5) is 0 Å². The van der Waals surface area contributed by atoms with Gasteiger partial charge in [-0.1, -0.05) is 0 Å². The van der Waals surface area contributed by atoms with E-state index >= 15 is 0 Å². The van der Waals surface area contributed by atoms with Gasteiger partial charge in [0.1, 0.15) is 13.2 Å². The van der Waals surface area contributed by atoms with Crippen LogP contribution in [-0.4, -0.2) is 76.0 Å². The molecule has 0 fully saturated rings. The van der Waals surface area contributed by atoms with Crippen LogP contribution in [0.2, 0.25) is 0 Å². The van der Waals surface area contributed by atoms with E-state index in [0.717, 1.165) is 0 Å². The minimum absolute atomic E-state index is 0.247. The fourth-order valence-corrected chi connectivity index (χ4v) is 0.603. The predicted molar refractivity (Wildman–Crippen MR) is 60.7 cm³/mol. The lowest BCUT2D eigenvalue weighted by Crippen LogP contribution is -2.10. The van der Waals surface area contributed by atoms with E-state index in [1.807, 2.05) is 0 Å². The number of hydrogen-bond acceptors (Lipinski definition) is 6. The van der Waals surface area contributed by atoms with Crippen molar-refractivity contribution >= 4 is 11.9 Å². The molecule has 18 heavy (non-hydrogen) atoms. The Balaban J connectivity index is 0. The number of aliphatic carboxylic acids is 2. The maximum Gasteiger partial charge on any atom is 0.329 e. The molecule has 0 spiro atoms. The Morgan fingerprint density at radius 3 is 1.33 bits per heavy atom. The van der Waals surface area contributed by atoms with Gasteiger partial charge in [-0.25, -0.2) is 9.59 Å². The Morgan fingerprint density at radius 1 is 0.778 bits per heavy atom. The number of rotatable bonds is 10. The predicted octanol–water partition coefficient (Wildman–Crippen LogP) is -0.532. The number of carboxylic acid groups (broad SMARTS) is 2. The zero-order chi connectivity index (χ0) is 14.2. The highest BCUT2D eigenvalue weighted by atomic mass is 16.5. The largest absolute Gasteiger partial charge is 0.480 e. The van der Waals surface area contributed by atoms with E-state index in [1.54, 1.807) is 0 Å². The summed E-state index contributed by atoms with van der Waals surface area (Å²) >= 11 is 0. The summed E-state index contributed by atoms with van der Waals surface area (Å²) in [6.45, 7) is 1.05. The van der Waals surface area contributed by atoms with Crippen LogP contribution >= 0.6 is 0 Å². The van der Waals surface area contributed by atoms with Crippen LogP contribution in [0.5, 0.6) is 0 Å². The van der Waals surface area contributed by atoms with Crippen LogP contribution in [-0.2, 0) is 28.5 Å². The molecular formula is C10H20O8. The first-order valence-electron chi connectivity index (χ1n) is 5.11. The molecule has 0 aliphatic heterocycles. The number of hydrogen-bond donors (Lipinski definition) is 2. The lowest BCUT2D eigenvalue weighted by Gasteiger charge is -1.97. The highest BCUT2D eigenvalue weighted by Crippen LogP contribution is 1.75. The van der Waals surface area contributed by atoms with Crippen molar-refractivity contribution in [3.63, 3.8) is 0 Å². The normalized spacial score (nSPS) is 9.44. The van der Waals surface area contributed by atoms with Crippen molar-refractivity contribution in [1.29, 1.82) is 0 Å². The molecule has 0 aromatic heterocycles. The summed E-state index contributed by atoms with van der Waals surface area (Å²) in [5, 5.41) is 16.1. The summed E-state index contributed by atoms with van der Waals surface area (Å²) in [5.41, 5.74) is 0. The van der Waals surface area contributed by atoms with Crippen molar-refractivity contribution < 1.29 is 38.7 Å². The minimum Gasteiger partial charge on any atom is -0.480 e. The fraction of sp³-hybridized carbons (Fsp3) is 0.800. The van der Waals surface area contributed by atoms with Gasteiger partial charge in [-0.2, -0.15) is 0 Å². The van der Waals surface area contributed by atoms with E-state index in [0.29, 0.717) is 26.4 Å². The molecule has 0 saturated heterocycles. The molecule has 8 nitrogen and oxygen atoms in total. The molecule has 0 heterocycles. The summed E-state index contributed by atoms with van der Waals surface area (Å²) in [4.78, 5) is 19.6. The van der Waals surface area contributed by atoms with Gasteiger partial charge in [0.05, 0.1) is 26.4 Å². The Morgan fingerprint density at radius 2 is 1.11 bits per heavy atom. The minimum atomic E-state index is -0.953. The van der Waals surface area contributed by atoms with Crippen LogP contribution in [0.25, 0.3) is 0 Å². The van der Waals surface area contributed by atoms with Crippen molar-refractivity contribution in [3.8, 4) is 0 Å². The average Bonchev–Trinajstić information content (AvgIpc) is 2.31. The van der Waals surface area contributed by atoms with Crippen molar-refractivity contribution in [1.82, 2.24) is 0 Å². The molecule has 108 valence electrons. The summed E-state index contributed by atoms with van der Waals surface area (Å²) < 4.78 is 18.4. The fourth-order valence-electron chi connectivity index (χ4n) is 0.603. The van der Waals surface area contributed by atoms with E-state index in [9.17, 15) is 9.59 Å². The van der Waals surface area contributed by atoms with Crippen LogP contribution in [0.3, 0.4) is 0 Å². The molecule has 0 rings (SSSR count). The Bertz CT molecular complexity index is 184. The lowest BCUT2D eigenvalue weighted by atomic mass is 10.7. The first kappa shape index (κ1) is 19.1. The van der Waals surface area contributed by atoms with Crippen LogP contribution < -0.4 is 0 Å². The molecule has 0 amide bonds. The van der Waals surface area contributed by atoms with Crippen molar-refractivity contribution in [2.24, 2.45) is 0 Å². The van der Waals surface area contributed by atoms with Gasteiger partial charge in [0.2, 0.25) is 0 Å². The topological polar surface area (TPSA) is 112 Å². The maximum absolute atomic E-state index is 9.80. The van der Waals surface area contributed by atoms with E-state index in [2.05, 4.69) is 18.9 Å². The number of ether oxygens (including phenoxy) is 4. The average molecular weight is 268 g/mol. The molecular weight excluding hydrogens is 248 g/mol. The molecule has 0 aliphatic carbocycles. The van der Waals surface area contributed by atoms with E-state index < -0.39 is 11.9 Å². The third kappa shape index (κ3) is 24.2. The Kier molecular flexibility index (Phi) is 16.8. The molecule has 0 radical (unpaired) electrons. The lowest BCUT2D eigenvalue weighted by molar-refractivity contribution is -0.143. The smallest absolute Gasteiger partial charge is 0.329 e. The van der Waals surface area contributed by atoms with Gasteiger partial charge >= 0.3 is 11.9 Å². The maximum atomic E-state index is 9.80. The molecule has 0 aromatic carbocycles. The number of methoxy groups -OCH3 is 2. The second kappa shape index (κ2) is 15.8. The molecule has 0 unspecified atom stereocenters. The first-order valence-corrected chi connectivity index (χ1v) is 5.11. The molecule has 0 atom stereocenters. The van der Waals surface area contributed by atoms with Gasteiger partial charge in [0.25, 0.3) is 0 Å². The van der Waals surface area contributed by atoms with Gasteiger partial charge < -0.3 is 29.2 Å². The van der Waals surface area contributed by atoms with Gasteiger partial charge in [-0.3, -0.25) is 0 Å². The summed E-state index contributed by atoms with van der Waals surface area (Å²) in [7, 11) is 3.06. The van der Waals surface area contributed by atoms with Crippen LogP contribution in [0.15, 0.2) is 0 Å². The summed E-state index contributed by atoms with van der Waals surface area (Å²) in [6.07, 6.45) is 0. The third-order valence-electron chi connectivity index (χ3n) is 1.31. The summed E-state index contributed by atoms with van der Waals surface area (Å²) in [5.74, 6) is -1.91. The third-order valence-corrected chi connectivity index (χ3v) is 1.31. The molecule has 8 heteroatoms. The first-order chi connectivity index (χ1) is 8.54. The Hall–Kier alpha value is -1.22. The Labute approximate surface area is 105 Å². The second-order valence-corrected chi connectivity index (χ2v) is 2.88. The monoisotopic (exact) mass is 268 g/mol. The van der Waals surface area contributed by atoms with E-state index in [-0.39, 0.29) is 13.2 Å². The molecule has 0 saturated carbocycles. The highest BCUT2D eigenvalue weighted by molar-refractivity contribution is 5.68. The van der Waals surface area contributed by atoms with Crippen LogP contribution in [0.1, 0.15) is 0 Å². The van der Waals surface area contributed by atoms with Gasteiger partial charge in [-0.05, 0) is 0 Å². The van der Waals surface area contributed by atoms with Crippen molar-refractivity contribution in [3.05, 3.63) is 0 Å².